The fraction of sp³-hybridized carbons (Fsp3) is 0.769. The molecule has 1 aliphatic carbocycles. The van der Waals surface area contributed by atoms with Crippen molar-refractivity contribution in [1.29, 1.82) is 0 Å². The number of nitrogens with zero attached hydrogens (tertiary/aromatic N) is 1. The van der Waals surface area contributed by atoms with E-state index >= 15 is 0 Å². The maximum Gasteiger partial charge on any atom is 0.195 e. The second kappa shape index (κ2) is 4.58. The molecule has 0 spiro atoms. The van der Waals surface area contributed by atoms with Crippen molar-refractivity contribution >= 4 is 0 Å². The van der Waals surface area contributed by atoms with Crippen LogP contribution in [0.5, 0.6) is 0 Å². The van der Waals surface area contributed by atoms with Gasteiger partial charge < -0.3 is 10.2 Å². The van der Waals surface area contributed by atoms with E-state index in [4.69, 9.17) is 10.2 Å². The second-order valence-corrected chi connectivity index (χ2v) is 5.48. The third kappa shape index (κ3) is 2.29. The van der Waals surface area contributed by atoms with Crippen LogP contribution in [0, 0.1) is 5.41 Å². The van der Waals surface area contributed by atoms with Crippen LogP contribution >= 0.6 is 0 Å². The Hall–Kier alpha value is -0.830. The highest BCUT2D eigenvalue weighted by Gasteiger charge is 2.35. The average molecular weight is 222 g/mol. The van der Waals surface area contributed by atoms with Crippen molar-refractivity contribution in [2.24, 2.45) is 11.1 Å². The number of hydrogen-bond donors (Lipinski definition) is 1. The van der Waals surface area contributed by atoms with Crippen molar-refractivity contribution < 1.29 is 4.42 Å². The van der Waals surface area contributed by atoms with E-state index in [-0.39, 0.29) is 0 Å². The van der Waals surface area contributed by atoms with E-state index in [0.717, 1.165) is 18.1 Å². The van der Waals surface area contributed by atoms with Gasteiger partial charge in [-0.3, -0.25) is 0 Å². The Labute approximate surface area is 97.4 Å². The van der Waals surface area contributed by atoms with E-state index in [1.165, 1.54) is 25.7 Å². The molecule has 0 aliphatic heterocycles. The van der Waals surface area contributed by atoms with Crippen molar-refractivity contribution in [1.82, 2.24) is 4.98 Å². The second-order valence-electron chi connectivity index (χ2n) is 5.48. The van der Waals surface area contributed by atoms with Gasteiger partial charge in [0.15, 0.2) is 5.89 Å². The molecule has 0 aromatic carbocycles. The Balaban J connectivity index is 2.15. The summed E-state index contributed by atoms with van der Waals surface area (Å²) in [6.07, 6.45) is 7.80. The van der Waals surface area contributed by atoms with E-state index < -0.39 is 0 Å². The normalized spacial score (nSPS) is 24.6. The summed E-state index contributed by atoms with van der Waals surface area (Å²) in [5.74, 6) is 2.38. The highest BCUT2D eigenvalue weighted by atomic mass is 16.4. The summed E-state index contributed by atoms with van der Waals surface area (Å²) in [7, 11) is 0. The topological polar surface area (TPSA) is 52.0 Å². The first kappa shape index (κ1) is 11.6. The van der Waals surface area contributed by atoms with E-state index in [1.54, 1.807) is 0 Å². The number of oxazole rings is 1. The molecule has 0 saturated heterocycles. The molecular formula is C13H22N2O. The highest BCUT2D eigenvalue weighted by Crippen LogP contribution is 2.46. The van der Waals surface area contributed by atoms with E-state index in [0.29, 0.717) is 17.9 Å². The summed E-state index contributed by atoms with van der Waals surface area (Å²) in [5, 5.41) is 0. The molecule has 1 heterocycles. The minimum Gasteiger partial charge on any atom is -0.445 e. The third-order valence-corrected chi connectivity index (χ3v) is 3.78. The standard InChI is InChI=1S/C13H22N2O/c1-13(2)7-4-3-5-10(13)11-9-15-12(16-11)6-8-14/h9-10H,3-8,14H2,1-2H3. The van der Waals surface area contributed by atoms with Gasteiger partial charge in [0.1, 0.15) is 5.76 Å². The SMILES string of the molecule is CC1(C)CCCCC1c1cnc(CCN)o1. The van der Waals surface area contributed by atoms with Gasteiger partial charge in [-0.1, -0.05) is 26.7 Å². The van der Waals surface area contributed by atoms with Gasteiger partial charge in [-0.15, -0.1) is 0 Å². The van der Waals surface area contributed by atoms with Gasteiger partial charge in [0.05, 0.1) is 6.20 Å². The smallest absolute Gasteiger partial charge is 0.195 e. The van der Waals surface area contributed by atoms with Crippen molar-refractivity contribution in [3.8, 4) is 0 Å². The lowest BCUT2D eigenvalue weighted by Gasteiger charge is -2.37. The molecule has 1 aliphatic rings. The summed E-state index contributed by atoms with van der Waals surface area (Å²) in [6, 6.07) is 0. The molecule has 3 nitrogen and oxygen atoms in total. The Bertz CT molecular complexity index is 343. The Morgan fingerprint density at radius 3 is 3.00 bits per heavy atom. The average Bonchev–Trinajstić information content (AvgIpc) is 2.66. The lowest BCUT2D eigenvalue weighted by molar-refractivity contribution is 0.176. The first-order valence-electron chi connectivity index (χ1n) is 6.28. The molecule has 1 fully saturated rings. The predicted molar refractivity (Wildman–Crippen MR) is 64.3 cm³/mol. The maximum atomic E-state index is 5.81. The summed E-state index contributed by atoms with van der Waals surface area (Å²) in [4.78, 5) is 4.30. The van der Waals surface area contributed by atoms with Crippen LogP contribution in [0.15, 0.2) is 10.6 Å². The zero-order valence-corrected chi connectivity index (χ0v) is 10.3. The van der Waals surface area contributed by atoms with Crippen molar-refractivity contribution in [3.63, 3.8) is 0 Å². The van der Waals surface area contributed by atoms with Crippen LogP contribution in [0.2, 0.25) is 0 Å². The van der Waals surface area contributed by atoms with Crippen molar-refractivity contribution in [3.05, 3.63) is 17.8 Å². The van der Waals surface area contributed by atoms with Gasteiger partial charge in [-0.25, -0.2) is 4.98 Å². The zero-order valence-electron chi connectivity index (χ0n) is 10.3. The van der Waals surface area contributed by atoms with Gasteiger partial charge in [-0.2, -0.15) is 0 Å². The number of aromatic nitrogens is 1. The first-order valence-corrected chi connectivity index (χ1v) is 6.28. The number of hydrogen-bond acceptors (Lipinski definition) is 3. The molecule has 1 atom stereocenters. The quantitative estimate of drug-likeness (QED) is 0.855. The maximum absolute atomic E-state index is 5.81. The van der Waals surface area contributed by atoms with E-state index in [1.807, 2.05) is 6.20 Å². The van der Waals surface area contributed by atoms with Gasteiger partial charge >= 0.3 is 0 Å². The number of nitrogens with two attached hydrogens (primary N) is 1. The summed E-state index contributed by atoms with van der Waals surface area (Å²) in [5.41, 5.74) is 5.85. The predicted octanol–water partition coefficient (Wildman–Crippen LogP) is 2.86. The van der Waals surface area contributed by atoms with Crippen molar-refractivity contribution in [2.75, 3.05) is 6.54 Å². The van der Waals surface area contributed by atoms with Crippen molar-refractivity contribution in [2.45, 2.75) is 51.9 Å². The van der Waals surface area contributed by atoms with Gasteiger partial charge in [0.2, 0.25) is 0 Å². The first-order chi connectivity index (χ1) is 7.63. The molecule has 2 N–H and O–H groups in total. The summed E-state index contributed by atoms with van der Waals surface area (Å²) < 4.78 is 5.81. The largest absolute Gasteiger partial charge is 0.445 e. The van der Waals surface area contributed by atoms with Crippen LogP contribution in [-0.2, 0) is 6.42 Å². The molecule has 90 valence electrons. The van der Waals surface area contributed by atoms with Crippen LogP contribution in [0.25, 0.3) is 0 Å². The Kier molecular flexibility index (Phi) is 3.33. The van der Waals surface area contributed by atoms with E-state index in [9.17, 15) is 0 Å². The molecule has 3 heteroatoms. The molecular weight excluding hydrogens is 200 g/mol. The minimum absolute atomic E-state index is 0.345. The Morgan fingerprint density at radius 1 is 1.50 bits per heavy atom. The molecule has 1 aromatic rings. The van der Waals surface area contributed by atoms with Crippen LogP contribution in [0.3, 0.4) is 0 Å². The molecule has 1 unspecified atom stereocenters. The lowest BCUT2D eigenvalue weighted by Crippen LogP contribution is -2.25. The molecule has 0 radical (unpaired) electrons. The highest BCUT2D eigenvalue weighted by molar-refractivity contribution is 5.08. The molecule has 16 heavy (non-hydrogen) atoms. The molecule has 0 bridgehead atoms. The van der Waals surface area contributed by atoms with E-state index in [2.05, 4.69) is 18.8 Å². The summed E-state index contributed by atoms with van der Waals surface area (Å²) in [6.45, 7) is 5.28. The monoisotopic (exact) mass is 222 g/mol. The van der Waals surface area contributed by atoms with Crippen LogP contribution in [0.4, 0.5) is 0 Å². The molecule has 1 saturated carbocycles. The molecule has 1 aromatic heterocycles. The van der Waals surface area contributed by atoms with Crippen LogP contribution in [-0.4, -0.2) is 11.5 Å². The Morgan fingerprint density at radius 2 is 2.31 bits per heavy atom. The number of rotatable bonds is 3. The minimum atomic E-state index is 0.345. The summed E-state index contributed by atoms with van der Waals surface area (Å²) >= 11 is 0. The fourth-order valence-electron chi connectivity index (χ4n) is 2.75. The van der Waals surface area contributed by atoms with Gasteiger partial charge in [0, 0.05) is 18.9 Å². The third-order valence-electron chi connectivity index (χ3n) is 3.78. The fourth-order valence-corrected chi connectivity index (χ4v) is 2.75. The van der Waals surface area contributed by atoms with Gasteiger partial charge in [0.25, 0.3) is 0 Å². The van der Waals surface area contributed by atoms with Crippen LogP contribution < -0.4 is 5.73 Å². The van der Waals surface area contributed by atoms with Crippen LogP contribution in [0.1, 0.15) is 57.1 Å². The lowest BCUT2D eigenvalue weighted by atomic mass is 9.68. The molecule has 2 rings (SSSR count). The zero-order chi connectivity index (χ0) is 11.6. The molecule has 0 amide bonds. The van der Waals surface area contributed by atoms with Gasteiger partial charge in [-0.05, 0) is 18.3 Å².